The number of carboxylic acid groups (broad SMARTS) is 1. The van der Waals surface area contributed by atoms with E-state index in [-0.39, 0.29) is 12.3 Å². The Morgan fingerprint density at radius 1 is 1.50 bits per heavy atom. The first kappa shape index (κ1) is 10.7. The predicted octanol–water partition coefficient (Wildman–Crippen LogP) is 1.78. The molecule has 0 spiro atoms. The van der Waals surface area contributed by atoms with E-state index in [0.717, 1.165) is 5.39 Å². The molecular formula is C11H11NO4. The van der Waals surface area contributed by atoms with Crippen molar-refractivity contribution in [2.24, 2.45) is 0 Å². The van der Waals surface area contributed by atoms with Gasteiger partial charge in [-0.05, 0) is 6.07 Å². The molecule has 2 aromatic rings. The molecule has 2 N–H and O–H groups in total. The third-order valence-electron chi connectivity index (χ3n) is 2.29. The lowest BCUT2D eigenvalue weighted by atomic mass is 10.1. The summed E-state index contributed by atoms with van der Waals surface area (Å²) in [5.41, 5.74) is 3.77. The Morgan fingerprint density at radius 2 is 2.25 bits per heavy atom. The first-order valence-electron chi connectivity index (χ1n) is 4.73. The molecule has 0 amide bonds. The van der Waals surface area contributed by atoms with Crippen LogP contribution < -0.4 is 5.48 Å². The van der Waals surface area contributed by atoms with Gasteiger partial charge in [0.05, 0.1) is 13.7 Å². The molecule has 0 unspecified atom stereocenters. The number of hydroxylamine groups is 1. The van der Waals surface area contributed by atoms with Gasteiger partial charge in [-0.2, -0.15) is 5.48 Å². The molecule has 0 bridgehead atoms. The molecule has 1 aromatic carbocycles. The van der Waals surface area contributed by atoms with E-state index in [1.165, 1.54) is 7.11 Å². The van der Waals surface area contributed by atoms with E-state index in [4.69, 9.17) is 14.4 Å². The molecule has 0 fully saturated rings. The molecule has 0 aliphatic rings. The Bertz CT molecular complexity index is 518. The number of carboxylic acids is 1. The minimum Gasteiger partial charge on any atom is -0.475 e. The van der Waals surface area contributed by atoms with Crippen LogP contribution in [0.2, 0.25) is 0 Å². The van der Waals surface area contributed by atoms with E-state index in [2.05, 4.69) is 5.48 Å². The van der Waals surface area contributed by atoms with E-state index >= 15 is 0 Å². The summed E-state index contributed by atoms with van der Waals surface area (Å²) >= 11 is 0. The number of nitrogens with one attached hydrogen (secondary N) is 1. The number of aromatic carboxylic acids is 1. The normalized spacial score (nSPS) is 10.8. The fourth-order valence-corrected chi connectivity index (χ4v) is 1.59. The maximum absolute atomic E-state index is 11.0. The minimum absolute atomic E-state index is 0.0502. The zero-order valence-electron chi connectivity index (χ0n) is 8.69. The number of para-hydroxylation sites is 1. The molecule has 1 aromatic heterocycles. The van der Waals surface area contributed by atoms with Crippen LogP contribution in [-0.4, -0.2) is 18.2 Å². The molecule has 0 radical (unpaired) electrons. The number of furan rings is 1. The van der Waals surface area contributed by atoms with Gasteiger partial charge in [0.25, 0.3) is 0 Å². The van der Waals surface area contributed by atoms with Gasteiger partial charge in [0.15, 0.2) is 0 Å². The van der Waals surface area contributed by atoms with Crippen LogP contribution in [-0.2, 0) is 11.4 Å². The highest BCUT2D eigenvalue weighted by Gasteiger charge is 2.18. The van der Waals surface area contributed by atoms with E-state index in [9.17, 15) is 4.79 Å². The second-order valence-corrected chi connectivity index (χ2v) is 3.24. The van der Waals surface area contributed by atoms with Gasteiger partial charge < -0.3 is 14.4 Å². The van der Waals surface area contributed by atoms with Gasteiger partial charge in [0, 0.05) is 10.9 Å². The van der Waals surface area contributed by atoms with Crippen LogP contribution in [0.1, 0.15) is 16.1 Å². The zero-order valence-corrected chi connectivity index (χ0v) is 8.69. The average Bonchev–Trinajstić information content (AvgIpc) is 2.65. The van der Waals surface area contributed by atoms with Gasteiger partial charge in [-0.25, -0.2) is 4.79 Å². The summed E-state index contributed by atoms with van der Waals surface area (Å²) in [7, 11) is 1.47. The van der Waals surface area contributed by atoms with Crippen molar-refractivity contribution in [1.29, 1.82) is 0 Å². The van der Waals surface area contributed by atoms with Crippen LogP contribution in [0.5, 0.6) is 0 Å². The molecule has 2 rings (SSSR count). The molecule has 5 heteroatoms. The molecule has 0 aliphatic carbocycles. The molecule has 84 valence electrons. The van der Waals surface area contributed by atoms with Gasteiger partial charge in [0.2, 0.25) is 5.76 Å². The van der Waals surface area contributed by atoms with Gasteiger partial charge in [0.1, 0.15) is 5.58 Å². The molecule has 0 saturated heterocycles. The summed E-state index contributed by atoms with van der Waals surface area (Å²) < 4.78 is 5.26. The number of rotatable bonds is 4. The molecule has 1 heterocycles. The summed E-state index contributed by atoms with van der Waals surface area (Å²) in [6.07, 6.45) is 0. The van der Waals surface area contributed by atoms with Crippen molar-refractivity contribution in [3.8, 4) is 0 Å². The molecule has 5 nitrogen and oxygen atoms in total. The van der Waals surface area contributed by atoms with Crippen molar-refractivity contribution in [2.45, 2.75) is 6.54 Å². The lowest BCUT2D eigenvalue weighted by Gasteiger charge is -2.00. The number of hydrogen-bond acceptors (Lipinski definition) is 4. The quantitative estimate of drug-likeness (QED) is 0.770. The minimum atomic E-state index is -1.08. The maximum atomic E-state index is 11.0. The summed E-state index contributed by atoms with van der Waals surface area (Å²) in [4.78, 5) is 15.7. The maximum Gasteiger partial charge on any atom is 0.372 e. The lowest BCUT2D eigenvalue weighted by Crippen LogP contribution is -2.13. The second kappa shape index (κ2) is 4.34. The van der Waals surface area contributed by atoms with Crippen molar-refractivity contribution in [3.05, 3.63) is 35.6 Å². The Kier molecular flexibility index (Phi) is 2.89. The molecular weight excluding hydrogens is 210 g/mol. The number of hydrogen-bond donors (Lipinski definition) is 2. The van der Waals surface area contributed by atoms with Crippen LogP contribution in [0.3, 0.4) is 0 Å². The highest BCUT2D eigenvalue weighted by molar-refractivity contribution is 5.95. The Hall–Kier alpha value is -1.85. The Morgan fingerprint density at radius 3 is 2.94 bits per heavy atom. The van der Waals surface area contributed by atoms with Crippen molar-refractivity contribution >= 4 is 16.9 Å². The molecule has 0 saturated carbocycles. The number of benzene rings is 1. The largest absolute Gasteiger partial charge is 0.475 e. The first-order chi connectivity index (χ1) is 7.74. The van der Waals surface area contributed by atoms with Crippen molar-refractivity contribution in [3.63, 3.8) is 0 Å². The van der Waals surface area contributed by atoms with Crippen LogP contribution in [0.15, 0.2) is 28.7 Å². The molecule has 16 heavy (non-hydrogen) atoms. The van der Waals surface area contributed by atoms with Crippen LogP contribution in [0.4, 0.5) is 0 Å². The van der Waals surface area contributed by atoms with Gasteiger partial charge in [-0.15, -0.1) is 0 Å². The Labute approximate surface area is 91.6 Å². The van der Waals surface area contributed by atoms with Crippen LogP contribution in [0, 0.1) is 0 Å². The van der Waals surface area contributed by atoms with Gasteiger partial charge in [-0.1, -0.05) is 18.2 Å². The topological polar surface area (TPSA) is 71.7 Å². The predicted molar refractivity (Wildman–Crippen MR) is 57.0 cm³/mol. The SMILES string of the molecule is CONCc1c(C(=O)O)oc2ccccc12. The van der Waals surface area contributed by atoms with Crippen LogP contribution >= 0.6 is 0 Å². The smallest absolute Gasteiger partial charge is 0.372 e. The monoisotopic (exact) mass is 221 g/mol. The highest BCUT2D eigenvalue weighted by atomic mass is 16.6. The van der Waals surface area contributed by atoms with E-state index in [0.29, 0.717) is 11.1 Å². The Balaban J connectivity index is 2.55. The lowest BCUT2D eigenvalue weighted by molar-refractivity contribution is 0.0654. The summed E-state index contributed by atoms with van der Waals surface area (Å²) in [6.45, 7) is 0.287. The second-order valence-electron chi connectivity index (χ2n) is 3.24. The standard InChI is InChI=1S/C11H11NO4/c1-15-12-6-8-7-4-2-3-5-9(7)16-10(8)11(13)14/h2-5,12H,6H2,1H3,(H,13,14). The number of fused-ring (bicyclic) bond motifs is 1. The first-order valence-corrected chi connectivity index (χ1v) is 4.73. The zero-order chi connectivity index (χ0) is 11.5. The summed E-state index contributed by atoms with van der Waals surface area (Å²) in [5, 5.41) is 9.79. The van der Waals surface area contributed by atoms with E-state index < -0.39 is 5.97 Å². The van der Waals surface area contributed by atoms with E-state index in [1.807, 2.05) is 12.1 Å². The van der Waals surface area contributed by atoms with Gasteiger partial charge in [-0.3, -0.25) is 0 Å². The summed E-state index contributed by atoms with van der Waals surface area (Å²) in [5.74, 6) is -1.13. The van der Waals surface area contributed by atoms with Gasteiger partial charge >= 0.3 is 5.97 Å². The summed E-state index contributed by atoms with van der Waals surface area (Å²) in [6, 6.07) is 7.18. The average molecular weight is 221 g/mol. The molecule has 0 atom stereocenters. The third-order valence-corrected chi connectivity index (χ3v) is 2.29. The van der Waals surface area contributed by atoms with Crippen molar-refractivity contribution < 1.29 is 19.2 Å². The molecule has 0 aliphatic heterocycles. The third kappa shape index (κ3) is 1.78. The fraction of sp³-hybridized carbons (Fsp3) is 0.182. The highest BCUT2D eigenvalue weighted by Crippen LogP contribution is 2.25. The van der Waals surface area contributed by atoms with Crippen LogP contribution in [0.25, 0.3) is 11.0 Å². The number of carbonyl (C=O) groups is 1. The van der Waals surface area contributed by atoms with Crippen molar-refractivity contribution in [1.82, 2.24) is 5.48 Å². The van der Waals surface area contributed by atoms with E-state index in [1.54, 1.807) is 12.1 Å². The fourth-order valence-electron chi connectivity index (χ4n) is 1.59. The van der Waals surface area contributed by atoms with Crippen molar-refractivity contribution in [2.75, 3.05) is 7.11 Å².